The molecule has 0 atom stereocenters. The lowest BCUT2D eigenvalue weighted by atomic mass is 9.91. The van der Waals surface area contributed by atoms with E-state index in [1.165, 1.54) is 25.7 Å². The molecule has 0 aromatic carbocycles. The monoisotopic (exact) mass is 361 g/mol. The Hall–Kier alpha value is -0.130. The Kier molecular flexibility index (Phi) is 4.82. The molecular formula is C12H17Br2N3. The van der Waals surface area contributed by atoms with Gasteiger partial charge in [0.2, 0.25) is 0 Å². The second kappa shape index (κ2) is 6.16. The first-order valence-electron chi connectivity index (χ1n) is 5.94. The van der Waals surface area contributed by atoms with Gasteiger partial charge in [-0.1, -0.05) is 0 Å². The smallest absolute Gasteiger partial charge is 0.140 e. The average molecular weight is 363 g/mol. The summed E-state index contributed by atoms with van der Waals surface area (Å²) in [7, 11) is 2.05. The van der Waals surface area contributed by atoms with Gasteiger partial charge in [0.15, 0.2) is 0 Å². The Labute approximate surface area is 119 Å². The van der Waals surface area contributed by atoms with Crippen LogP contribution in [0.15, 0.2) is 21.2 Å². The highest BCUT2D eigenvalue weighted by atomic mass is 79.9. The van der Waals surface area contributed by atoms with Crippen LogP contribution in [-0.2, 0) is 0 Å². The third-order valence-corrected chi connectivity index (χ3v) is 4.32. The second-order valence-electron chi connectivity index (χ2n) is 4.47. The number of anilines is 1. The summed E-state index contributed by atoms with van der Waals surface area (Å²) in [6.07, 6.45) is 6.71. The average Bonchev–Trinajstić information content (AvgIpc) is 2.34. The van der Waals surface area contributed by atoms with Crippen molar-refractivity contribution in [2.75, 3.05) is 12.4 Å². The van der Waals surface area contributed by atoms with Gasteiger partial charge in [-0.25, -0.2) is 4.98 Å². The SMILES string of the molecule is CNC1CCC(Nc2ncc(Br)cc2Br)CC1. The van der Waals surface area contributed by atoms with Gasteiger partial charge in [-0.2, -0.15) is 0 Å². The van der Waals surface area contributed by atoms with Gasteiger partial charge in [-0.05, 0) is 70.7 Å². The van der Waals surface area contributed by atoms with Crippen molar-refractivity contribution in [3.63, 3.8) is 0 Å². The van der Waals surface area contributed by atoms with Gasteiger partial charge in [0.1, 0.15) is 5.82 Å². The normalized spacial score (nSPS) is 24.6. The highest BCUT2D eigenvalue weighted by Crippen LogP contribution is 2.27. The fraction of sp³-hybridized carbons (Fsp3) is 0.583. The first-order chi connectivity index (χ1) is 8.19. The van der Waals surface area contributed by atoms with Crippen molar-refractivity contribution in [1.29, 1.82) is 0 Å². The Morgan fingerprint density at radius 2 is 1.82 bits per heavy atom. The maximum atomic E-state index is 4.39. The number of halogens is 2. The molecule has 1 aromatic heterocycles. The van der Waals surface area contributed by atoms with Crippen LogP contribution in [0.1, 0.15) is 25.7 Å². The molecule has 0 aliphatic heterocycles. The van der Waals surface area contributed by atoms with Gasteiger partial charge < -0.3 is 10.6 Å². The molecular weight excluding hydrogens is 346 g/mol. The van der Waals surface area contributed by atoms with E-state index in [4.69, 9.17) is 0 Å². The molecule has 94 valence electrons. The third-order valence-electron chi connectivity index (χ3n) is 3.28. The van der Waals surface area contributed by atoms with Gasteiger partial charge >= 0.3 is 0 Å². The molecule has 0 spiro atoms. The van der Waals surface area contributed by atoms with E-state index in [0.717, 1.165) is 14.8 Å². The molecule has 1 aliphatic rings. The predicted molar refractivity (Wildman–Crippen MR) is 78.4 cm³/mol. The van der Waals surface area contributed by atoms with Crippen molar-refractivity contribution < 1.29 is 0 Å². The lowest BCUT2D eigenvalue weighted by Gasteiger charge is -2.29. The van der Waals surface area contributed by atoms with E-state index in [9.17, 15) is 0 Å². The molecule has 1 heterocycles. The van der Waals surface area contributed by atoms with Crippen LogP contribution in [0.4, 0.5) is 5.82 Å². The Morgan fingerprint density at radius 3 is 2.41 bits per heavy atom. The summed E-state index contributed by atoms with van der Waals surface area (Å²) in [4.78, 5) is 4.39. The summed E-state index contributed by atoms with van der Waals surface area (Å²) < 4.78 is 2.01. The van der Waals surface area contributed by atoms with Crippen LogP contribution in [0.25, 0.3) is 0 Å². The lowest BCUT2D eigenvalue weighted by Crippen LogP contribution is -2.35. The molecule has 0 bridgehead atoms. The van der Waals surface area contributed by atoms with E-state index in [0.29, 0.717) is 12.1 Å². The molecule has 0 amide bonds. The zero-order valence-corrected chi connectivity index (χ0v) is 13.0. The second-order valence-corrected chi connectivity index (χ2v) is 6.24. The fourth-order valence-electron chi connectivity index (χ4n) is 2.24. The van der Waals surface area contributed by atoms with E-state index in [-0.39, 0.29) is 0 Å². The van der Waals surface area contributed by atoms with E-state index < -0.39 is 0 Å². The molecule has 1 fully saturated rings. The predicted octanol–water partition coefficient (Wildman–Crippen LogP) is 3.55. The molecule has 2 rings (SSSR count). The molecule has 0 radical (unpaired) electrons. The summed E-state index contributed by atoms with van der Waals surface area (Å²) in [5.41, 5.74) is 0. The van der Waals surface area contributed by atoms with Gasteiger partial charge in [0, 0.05) is 22.8 Å². The standard InChI is InChI=1S/C12H17Br2N3/c1-15-9-2-4-10(5-3-9)17-12-11(14)6-8(13)7-16-12/h6-7,9-10,15H,2-5H2,1H3,(H,16,17). The minimum Gasteiger partial charge on any atom is -0.366 e. The van der Waals surface area contributed by atoms with Crippen LogP contribution >= 0.6 is 31.9 Å². The van der Waals surface area contributed by atoms with Crippen molar-refractivity contribution in [2.24, 2.45) is 0 Å². The number of hydrogen-bond donors (Lipinski definition) is 2. The van der Waals surface area contributed by atoms with Gasteiger partial charge in [0.25, 0.3) is 0 Å². The lowest BCUT2D eigenvalue weighted by molar-refractivity contribution is 0.371. The Morgan fingerprint density at radius 1 is 1.18 bits per heavy atom. The molecule has 1 aliphatic carbocycles. The zero-order chi connectivity index (χ0) is 12.3. The zero-order valence-electron chi connectivity index (χ0n) is 9.84. The highest BCUT2D eigenvalue weighted by Gasteiger charge is 2.20. The minimum atomic E-state index is 0.546. The van der Waals surface area contributed by atoms with Crippen molar-refractivity contribution in [2.45, 2.75) is 37.8 Å². The number of rotatable bonds is 3. The van der Waals surface area contributed by atoms with Crippen LogP contribution in [0.3, 0.4) is 0 Å². The van der Waals surface area contributed by atoms with E-state index in [1.54, 1.807) is 0 Å². The van der Waals surface area contributed by atoms with Crippen molar-refractivity contribution >= 4 is 37.7 Å². The molecule has 17 heavy (non-hydrogen) atoms. The van der Waals surface area contributed by atoms with Crippen LogP contribution in [0, 0.1) is 0 Å². The van der Waals surface area contributed by atoms with E-state index >= 15 is 0 Å². The summed E-state index contributed by atoms with van der Waals surface area (Å²) in [5, 5.41) is 6.86. The molecule has 0 saturated heterocycles. The van der Waals surface area contributed by atoms with Crippen LogP contribution in [0.5, 0.6) is 0 Å². The maximum absolute atomic E-state index is 4.39. The van der Waals surface area contributed by atoms with E-state index in [1.807, 2.05) is 19.3 Å². The summed E-state index contributed by atoms with van der Waals surface area (Å²) in [6, 6.07) is 3.26. The number of aromatic nitrogens is 1. The van der Waals surface area contributed by atoms with Crippen LogP contribution < -0.4 is 10.6 Å². The first-order valence-corrected chi connectivity index (χ1v) is 7.52. The van der Waals surface area contributed by atoms with E-state index in [2.05, 4.69) is 47.5 Å². The Balaban J connectivity index is 1.93. The van der Waals surface area contributed by atoms with Crippen LogP contribution in [0.2, 0.25) is 0 Å². The highest BCUT2D eigenvalue weighted by molar-refractivity contribution is 9.11. The molecule has 5 heteroatoms. The number of hydrogen-bond acceptors (Lipinski definition) is 3. The fourth-order valence-corrected chi connectivity index (χ4v) is 3.34. The number of nitrogens with one attached hydrogen (secondary N) is 2. The van der Waals surface area contributed by atoms with Gasteiger partial charge in [-0.15, -0.1) is 0 Å². The molecule has 1 aromatic rings. The molecule has 3 nitrogen and oxygen atoms in total. The summed E-state index contributed by atoms with van der Waals surface area (Å²) >= 11 is 6.94. The molecule has 2 N–H and O–H groups in total. The van der Waals surface area contributed by atoms with Crippen LogP contribution in [-0.4, -0.2) is 24.1 Å². The Bertz CT molecular complexity index is 376. The molecule has 0 unspecified atom stereocenters. The number of nitrogens with zero attached hydrogens (tertiary/aromatic N) is 1. The minimum absolute atomic E-state index is 0.546. The van der Waals surface area contributed by atoms with Crippen molar-refractivity contribution in [3.05, 3.63) is 21.2 Å². The third kappa shape index (κ3) is 3.66. The largest absolute Gasteiger partial charge is 0.366 e. The molecule has 1 saturated carbocycles. The topological polar surface area (TPSA) is 37.0 Å². The van der Waals surface area contributed by atoms with Crippen molar-refractivity contribution in [3.8, 4) is 0 Å². The number of pyridine rings is 1. The maximum Gasteiger partial charge on any atom is 0.140 e. The summed E-state index contributed by atoms with van der Waals surface area (Å²) in [5.74, 6) is 0.945. The van der Waals surface area contributed by atoms with Crippen molar-refractivity contribution in [1.82, 2.24) is 10.3 Å². The first kappa shape index (κ1) is 13.3. The van der Waals surface area contributed by atoms with Gasteiger partial charge in [0.05, 0.1) is 4.47 Å². The quantitative estimate of drug-likeness (QED) is 0.863. The summed E-state index contributed by atoms with van der Waals surface area (Å²) in [6.45, 7) is 0. The van der Waals surface area contributed by atoms with Gasteiger partial charge in [-0.3, -0.25) is 0 Å².